The Kier molecular flexibility index (Phi) is 12.1. The van der Waals surface area contributed by atoms with Gasteiger partial charge in [-0.1, -0.05) is 63.8 Å². The second-order valence-corrected chi connectivity index (χ2v) is 15.7. The fraction of sp³-hybridized carbons (Fsp3) is 0.474. The minimum Gasteiger partial charge on any atom is -0.497 e. The molecule has 1 aliphatic rings. The van der Waals surface area contributed by atoms with Gasteiger partial charge in [-0.15, -0.1) is 0 Å². The number of hydrogen-bond donors (Lipinski definition) is 0. The summed E-state index contributed by atoms with van der Waals surface area (Å²) < 4.78 is 40.8. The largest absolute Gasteiger partial charge is 0.497 e. The molecule has 0 amide bonds. The lowest BCUT2D eigenvalue weighted by Gasteiger charge is -2.41. The Hall–Kier alpha value is -3.64. The molecule has 4 rings (SSSR count). The van der Waals surface area contributed by atoms with Crippen LogP contribution in [0.2, 0.25) is 13.1 Å². The topological polar surface area (TPSA) is 64.6 Å². The Bertz CT molecular complexity index is 1490. The third-order valence-electron chi connectivity index (χ3n) is 8.41. The van der Waals surface area contributed by atoms with E-state index in [-0.39, 0.29) is 30.8 Å². The summed E-state index contributed by atoms with van der Waals surface area (Å²) in [5.74, 6) is 10.3. The van der Waals surface area contributed by atoms with Crippen molar-refractivity contribution >= 4 is 9.04 Å². The predicted molar refractivity (Wildman–Crippen MR) is 185 cm³/mol. The fourth-order valence-electron chi connectivity index (χ4n) is 5.84. The summed E-state index contributed by atoms with van der Waals surface area (Å²) in [6, 6.07) is 20.0. The molecule has 3 atom stereocenters. The summed E-state index contributed by atoms with van der Waals surface area (Å²) in [6.07, 6.45) is 2.23. The first kappa shape index (κ1) is 35.2. The third-order valence-corrected chi connectivity index (χ3v) is 9.28. The van der Waals surface area contributed by atoms with Gasteiger partial charge in [-0.25, -0.2) is 0 Å². The van der Waals surface area contributed by atoms with Gasteiger partial charge >= 0.3 is 0 Å². The number of fused-ring (bicyclic) bond motifs is 1. The first-order valence-electron chi connectivity index (χ1n) is 15.9. The Morgan fingerprint density at radius 2 is 1.63 bits per heavy atom. The van der Waals surface area contributed by atoms with Crippen LogP contribution in [0.1, 0.15) is 56.7 Å². The fourth-order valence-corrected chi connectivity index (χ4v) is 7.04. The zero-order valence-corrected chi connectivity index (χ0v) is 30.1. The molecule has 3 aromatic carbocycles. The van der Waals surface area contributed by atoms with Crippen LogP contribution in [0.3, 0.4) is 0 Å². The Morgan fingerprint density at radius 3 is 2.28 bits per heavy atom. The number of benzene rings is 3. The summed E-state index contributed by atoms with van der Waals surface area (Å²) in [7, 11) is 3.80. The number of rotatable bonds is 13. The molecule has 0 saturated heterocycles. The van der Waals surface area contributed by atoms with Gasteiger partial charge in [0.05, 0.1) is 26.7 Å². The van der Waals surface area contributed by atoms with Crippen LogP contribution in [0, 0.1) is 17.3 Å². The molecule has 0 bridgehead atoms. The molecule has 248 valence electrons. The van der Waals surface area contributed by atoms with Gasteiger partial charge in [0.2, 0.25) is 0 Å². The van der Waals surface area contributed by atoms with Crippen LogP contribution in [0.25, 0.3) is 0 Å². The minimum absolute atomic E-state index is 0.124. The van der Waals surface area contributed by atoms with E-state index in [0.29, 0.717) is 12.4 Å². The average Bonchev–Trinajstić information content (AvgIpc) is 3.04. The quantitative estimate of drug-likeness (QED) is 0.108. The smallest absolute Gasteiger partial charge is 0.188 e. The normalized spacial score (nSPS) is 18.1. The van der Waals surface area contributed by atoms with Crippen molar-refractivity contribution < 1.29 is 32.8 Å². The van der Waals surface area contributed by atoms with Gasteiger partial charge in [0.1, 0.15) is 35.4 Å². The van der Waals surface area contributed by atoms with Gasteiger partial charge in [0.15, 0.2) is 15.8 Å². The van der Waals surface area contributed by atoms with Crippen molar-refractivity contribution in [3.05, 3.63) is 77.4 Å². The molecule has 46 heavy (non-hydrogen) atoms. The highest BCUT2D eigenvalue weighted by Gasteiger charge is 2.44. The lowest BCUT2D eigenvalue weighted by atomic mass is 9.68. The molecular formula is C38H50O7Si. The van der Waals surface area contributed by atoms with E-state index in [1.54, 1.807) is 21.3 Å². The Morgan fingerprint density at radius 1 is 0.913 bits per heavy atom. The first-order valence-corrected chi connectivity index (χ1v) is 18.7. The Balaban J connectivity index is 1.52. The standard InChI is InChI=1S/C38H50O7Si/c1-37(2,3)36(45-46(8)9)21-14-27-12-15-28(16-13-27)42-22-10-11-32-31-19-17-30(44-26-39-5)24-34(31)43-25-38(32,4)33-20-18-29(40-6)23-35(33)41-7/h12-13,15-20,23-24,32,36,46H,14,21-22,25-26H2,1-9H3. The maximum absolute atomic E-state index is 6.35. The van der Waals surface area contributed by atoms with Crippen molar-refractivity contribution in [1.29, 1.82) is 0 Å². The molecular weight excluding hydrogens is 596 g/mol. The van der Waals surface area contributed by atoms with Gasteiger partial charge < -0.3 is 32.8 Å². The molecule has 0 fully saturated rings. The second kappa shape index (κ2) is 15.8. The third kappa shape index (κ3) is 8.78. The van der Waals surface area contributed by atoms with Crippen LogP contribution in [-0.2, 0) is 21.0 Å². The van der Waals surface area contributed by atoms with E-state index in [2.05, 4.69) is 64.8 Å². The van der Waals surface area contributed by atoms with Gasteiger partial charge in [-0.05, 0) is 61.2 Å². The van der Waals surface area contributed by atoms with E-state index in [0.717, 1.165) is 47.0 Å². The molecule has 3 aromatic rings. The molecule has 0 spiro atoms. The zero-order valence-electron chi connectivity index (χ0n) is 28.9. The van der Waals surface area contributed by atoms with Gasteiger partial charge in [0.25, 0.3) is 0 Å². The maximum Gasteiger partial charge on any atom is 0.188 e. The van der Waals surface area contributed by atoms with Crippen molar-refractivity contribution in [3.8, 4) is 40.6 Å². The van der Waals surface area contributed by atoms with Crippen LogP contribution in [0.5, 0.6) is 28.7 Å². The first-order chi connectivity index (χ1) is 22.0. The molecule has 0 aromatic heterocycles. The van der Waals surface area contributed by atoms with Gasteiger partial charge in [-0.3, -0.25) is 0 Å². The minimum atomic E-state index is -1.11. The van der Waals surface area contributed by atoms with Crippen molar-refractivity contribution in [2.45, 2.75) is 71.1 Å². The van der Waals surface area contributed by atoms with E-state index < -0.39 is 14.5 Å². The summed E-state index contributed by atoms with van der Waals surface area (Å²) in [6.45, 7) is 14.2. The van der Waals surface area contributed by atoms with Crippen molar-refractivity contribution in [1.82, 2.24) is 0 Å². The maximum atomic E-state index is 6.35. The van der Waals surface area contributed by atoms with Gasteiger partial charge in [0, 0.05) is 41.9 Å². The monoisotopic (exact) mass is 646 g/mol. The molecule has 1 aliphatic heterocycles. The molecule has 0 aliphatic carbocycles. The van der Waals surface area contributed by atoms with Crippen LogP contribution in [-0.4, -0.2) is 56.5 Å². The summed E-state index contributed by atoms with van der Waals surface area (Å²) in [5, 5.41) is 0. The molecule has 8 heteroatoms. The molecule has 3 unspecified atom stereocenters. The average molecular weight is 647 g/mol. The van der Waals surface area contributed by atoms with E-state index in [1.165, 1.54) is 5.56 Å². The summed E-state index contributed by atoms with van der Waals surface area (Å²) in [5.41, 5.74) is 2.86. The number of methoxy groups -OCH3 is 3. The molecule has 0 radical (unpaired) electrons. The highest BCUT2D eigenvalue weighted by molar-refractivity contribution is 6.48. The van der Waals surface area contributed by atoms with E-state index >= 15 is 0 Å². The van der Waals surface area contributed by atoms with Crippen LogP contribution in [0.15, 0.2) is 60.7 Å². The lowest BCUT2D eigenvalue weighted by molar-refractivity contribution is 0.0507. The molecule has 1 heterocycles. The lowest BCUT2D eigenvalue weighted by Crippen LogP contribution is -2.40. The molecule has 7 nitrogen and oxygen atoms in total. The van der Waals surface area contributed by atoms with E-state index in [1.807, 2.05) is 48.5 Å². The van der Waals surface area contributed by atoms with E-state index in [9.17, 15) is 0 Å². The highest BCUT2D eigenvalue weighted by atomic mass is 28.3. The predicted octanol–water partition coefficient (Wildman–Crippen LogP) is 7.55. The van der Waals surface area contributed by atoms with Crippen molar-refractivity contribution in [2.75, 3.05) is 41.3 Å². The van der Waals surface area contributed by atoms with Gasteiger partial charge in [-0.2, -0.15) is 0 Å². The number of aryl methyl sites for hydroxylation is 1. The zero-order chi connectivity index (χ0) is 33.3. The molecule has 0 N–H and O–H groups in total. The van der Waals surface area contributed by atoms with Crippen LogP contribution in [0.4, 0.5) is 0 Å². The number of hydrogen-bond acceptors (Lipinski definition) is 7. The van der Waals surface area contributed by atoms with E-state index in [4.69, 9.17) is 32.8 Å². The van der Waals surface area contributed by atoms with Crippen molar-refractivity contribution in [3.63, 3.8) is 0 Å². The second-order valence-electron chi connectivity index (χ2n) is 13.3. The van der Waals surface area contributed by atoms with Crippen LogP contribution >= 0.6 is 0 Å². The summed E-state index contributed by atoms with van der Waals surface area (Å²) >= 11 is 0. The van der Waals surface area contributed by atoms with Crippen molar-refractivity contribution in [2.24, 2.45) is 5.41 Å². The number of ether oxygens (including phenoxy) is 6. The summed E-state index contributed by atoms with van der Waals surface area (Å²) in [4.78, 5) is 0. The van der Waals surface area contributed by atoms with Crippen LogP contribution < -0.4 is 23.7 Å². The SMILES string of the molecule is COCOc1ccc2c(c1)OCC(C)(c1ccc(OC)cc1OC)C2C#CCOc1ccc(CCC(O[SiH](C)C)C(C)(C)C)cc1. The Labute approximate surface area is 277 Å². The highest BCUT2D eigenvalue weighted by Crippen LogP contribution is 2.50. The molecule has 0 saturated carbocycles.